The van der Waals surface area contributed by atoms with Crippen LogP contribution in [0.1, 0.15) is 34.9 Å². The van der Waals surface area contributed by atoms with Gasteiger partial charge in [0.1, 0.15) is 0 Å². The van der Waals surface area contributed by atoms with Crippen molar-refractivity contribution in [1.29, 1.82) is 0 Å². The number of aromatic carboxylic acids is 1. The maximum atomic E-state index is 11.1. The smallest absolute Gasteiger partial charge is 0.358 e. The van der Waals surface area contributed by atoms with Gasteiger partial charge in [-0.05, 0) is 12.8 Å². The zero-order valence-electron chi connectivity index (χ0n) is 9.73. The molecule has 0 aliphatic heterocycles. The number of nitrogens with zero attached hydrogens (tertiary/aromatic N) is 5. The van der Waals surface area contributed by atoms with Gasteiger partial charge >= 0.3 is 5.97 Å². The van der Waals surface area contributed by atoms with Gasteiger partial charge in [-0.15, -0.1) is 5.10 Å². The maximum Gasteiger partial charge on any atom is 0.358 e. The lowest BCUT2D eigenvalue weighted by Gasteiger charge is -2.06. The van der Waals surface area contributed by atoms with Crippen LogP contribution in [0.4, 0.5) is 0 Å². The van der Waals surface area contributed by atoms with Crippen molar-refractivity contribution in [3.8, 4) is 0 Å². The summed E-state index contributed by atoms with van der Waals surface area (Å²) < 4.78 is 3.64. The Kier molecular flexibility index (Phi) is 2.58. The van der Waals surface area contributed by atoms with Gasteiger partial charge < -0.3 is 9.67 Å². The molecule has 7 nitrogen and oxygen atoms in total. The lowest BCUT2D eigenvalue weighted by Crippen LogP contribution is -2.11. The molecule has 18 heavy (non-hydrogen) atoms. The average Bonchev–Trinajstić information content (AvgIpc) is 2.91. The topological polar surface area (TPSA) is 85.8 Å². The second kappa shape index (κ2) is 4.25. The first-order valence-corrected chi connectivity index (χ1v) is 5.88. The fourth-order valence-corrected chi connectivity index (χ4v) is 2.03. The first-order valence-electron chi connectivity index (χ1n) is 5.88. The third-order valence-corrected chi connectivity index (χ3v) is 3.07. The molecular formula is C11H13N5O2. The van der Waals surface area contributed by atoms with Gasteiger partial charge in [-0.2, -0.15) is 0 Å². The Bertz CT molecular complexity index is 556. The summed E-state index contributed by atoms with van der Waals surface area (Å²) in [5.41, 5.74) is 0.866. The number of imidazole rings is 1. The van der Waals surface area contributed by atoms with E-state index in [0.717, 1.165) is 18.5 Å². The second-order valence-corrected chi connectivity index (χ2v) is 4.43. The number of aromatic nitrogens is 5. The zero-order chi connectivity index (χ0) is 12.5. The predicted octanol–water partition coefficient (Wildman–Crippen LogP) is 0.750. The average molecular weight is 247 g/mol. The molecule has 1 N–H and O–H groups in total. The SMILES string of the molecule is O=C(O)c1nnn(CCn2ccnc2)c1C1CC1. The molecule has 94 valence electrons. The minimum Gasteiger partial charge on any atom is -0.476 e. The number of rotatable bonds is 5. The summed E-state index contributed by atoms with van der Waals surface area (Å²) in [4.78, 5) is 15.0. The van der Waals surface area contributed by atoms with Gasteiger partial charge in [0.2, 0.25) is 0 Å². The van der Waals surface area contributed by atoms with Gasteiger partial charge in [-0.3, -0.25) is 0 Å². The number of aryl methyl sites for hydroxylation is 2. The highest BCUT2D eigenvalue weighted by atomic mass is 16.4. The summed E-state index contributed by atoms with van der Waals surface area (Å²) in [6, 6.07) is 0. The monoisotopic (exact) mass is 247 g/mol. The summed E-state index contributed by atoms with van der Waals surface area (Å²) in [7, 11) is 0. The van der Waals surface area contributed by atoms with E-state index in [1.165, 1.54) is 0 Å². The third-order valence-electron chi connectivity index (χ3n) is 3.07. The minimum absolute atomic E-state index is 0.100. The number of hydrogen-bond acceptors (Lipinski definition) is 4. The normalized spacial score (nSPS) is 14.9. The Morgan fingerprint density at radius 3 is 2.89 bits per heavy atom. The molecule has 0 spiro atoms. The maximum absolute atomic E-state index is 11.1. The molecule has 2 aromatic heterocycles. The molecular weight excluding hydrogens is 234 g/mol. The first kappa shape index (κ1) is 10.9. The number of carboxylic acids is 1. The van der Waals surface area contributed by atoms with Crippen LogP contribution in [0.2, 0.25) is 0 Å². The van der Waals surface area contributed by atoms with Gasteiger partial charge in [-0.1, -0.05) is 5.21 Å². The van der Waals surface area contributed by atoms with Crippen molar-refractivity contribution in [3.63, 3.8) is 0 Å². The van der Waals surface area contributed by atoms with E-state index >= 15 is 0 Å². The number of hydrogen-bond donors (Lipinski definition) is 1. The fourth-order valence-electron chi connectivity index (χ4n) is 2.03. The van der Waals surface area contributed by atoms with Gasteiger partial charge in [0.25, 0.3) is 0 Å². The summed E-state index contributed by atoms with van der Waals surface area (Å²) in [6.45, 7) is 1.32. The van der Waals surface area contributed by atoms with Crippen LogP contribution in [0.15, 0.2) is 18.7 Å². The standard InChI is InChI=1S/C11H13N5O2/c17-11(18)9-10(8-1-2-8)16(14-13-9)6-5-15-4-3-12-7-15/h3-4,7-8H,1-2,5-6H2,(H,17,18). The van der Waals surface area contributed by atoms with Crippen LogP contribution in [-0.2, 0) is 13.1 Å². The van der Waals surface area contributed by atoms with Gasteiger partial charge in [0.15, 0.2) is 5.69 Å². The first-order chi connectivity index (χ1) is 8.75. The molecule has 1 saturated carbocycles. The Morgan fingerprint density at radius 1 is 1.44 bits per heavy atom. The highest BCUT2D eigenvalue weighted by Crippen LogP contribution is 2.41. The van der Waals surface area contributed by atoms with Crippen LogP contribution in [0, 0.1) is 0 Å². The van der Waals surface area contributed by atoms with Crippen molar-refractivity contribution in [3.05, 3.63) is 30.1 Å². The Balaban J connectivity index is 1.81. The van der Waals surface area contributed by atoms with Gasteiger partial charge in [0, 0.05) is 24.9 Å². The molecule has 0 amide bonds. The Hall–Kier alpha value is -2.18. The van der Waals surface area contributed by atoms with E-state index in [1.807, 2.05) is 10.8 Å². The van der Waals surface area contributed by atoms with Crippen LogP contribution >= 0.6 is 0 Å². The molecule has 0 radical (unpaired) electrons. The summed E-state index contributed by atoms with van der Waals surface area (Å²) in [5.74, 6) is -0.681. The van der Waals surface area contributed by atoms with Crippen molar-refractivity contribution in [2.24, 2.45) is 0 Å². The molecule has 1 fully saturated rings. The van der Waals surface area contributed by atoms with E-state index in [2.05, 4.69) is 15.3 Å². The lowest BCUT2D eigenvalue weighted by atomic mass is 10.2. The highest BCUT2D eigenvalue weighted by molar-refractivity contribution is 5.86. The zero-order valence-corrected chi connectivity index (χ0v) is 9.73. The van der Waals surface area contributed by atoms with E-state index < -0.39 is 5.97 Å². The molecule has 2 heterocycles. The molecule has 0 unspecified atom stereocenters. The molecule has 2 aromatic rings. The van der Waals surface area contributed by atoms with Crippen LogP contribution in [0.3, 0.4) is 0 Å². The van der Waals surface area contributed by atoms with Gasteiger partial charge in [0.05, 0.1) is 18.6 Å². The van der Waals surface area contributed by atoms with Crippen LogP contribution < -0.4 is 0 Å². The summed E-state index contributed by atoms with van der Waals surface area (Å²) in [6.07, 6.45) is 7.36. The van der Waals surface area contributed by atoms with Crippen molar-refractivity contribution < 1.29 is 9.90 Å². The van der Waals surface area contributed by atoms with E-state index in [0.29, 0.717) is 19.0 Å². The van der Waals surface area contributed by atoms with Crippen molar-refractivity contribution in [2.45, 2.75) is 31.8 Å². The lowest BCUT2D eigenvalue weighted by molar-refractivity contribution is 0.0689. The number of carbonyl (C=O) groups is 1. The van der Waals surface area contributed by atoms with E-state index in [4.69, 9.17) is 5.11 Å². The molecule has 7 heteroatoms. The molecule has 0 aromatic carbocycles. The Morgan fingerprint density at radius 2 is 2.28 bits per heavy atom. The Labute approximate surface area is 103 Å². The van der Waals surface area contributed by atoms with Crippen LogP contribution in [0.25, 0.3) is 0 Å². The quantitative estimate of drug-likeness (QED) is 0.842. The van der Waals surface area contributed by atoms with E-state index in [9.17, 15) is 4.79 Å². The highest BCUT2D eigenvalue weighted by Gasteiger charge is 2.33. The molecule has 3 rings (SSSR count). The fraction of sp³-hybridized carbons (Fsp3) is 0.455. The van der Waals surface area contributed by atoms with E-state index in [1.54, 1.807) is 17.2 Å². The van der Waals surface area contributed by atoms with Crippen LogP contribution in [-0.4, -0.2) is 35.6 Å². The molecule has 0 bridgehead atoms. The van der Waals surface area contributed by atoms with Crippen molar-refractivity contribution >= 4 is 5.97 Å². The van der Waals surface area contributed by atoms with Crippen molar-refractivity contribution in [2.75, 3.05) is 0 Å². The van der Waals surface area contributed by atoms with Gasteiger partial charge in [-0.25, -0.2) is 14.5 Å². The molecule has 1 aliphatic carbocycles. The van der Waals surface area contributed by atoms with Crippen LogP contribution in [0.5, 0.6) is 0 Å². The predicted molar refractivity (Wildman–Crippen MR) is 61.2 cm³/mol. The minimum atomic E-state index is -0.995. The summed E-state index contributed by atoms with van der Waals surface area (Å²) in [5, 5.41) is 16.8. The molecule has 1 aliphatic rings. The second-order valence-electron chi connectivity index (χ2n) is 4.43. The molecule has 0 saturated heterocycles. The number of carboxylic acid groups (broad SMARTS) is 1. The third kappa shape index (κ3) is 1.99. The summed E-state index contributed by atoms with van der Waals surface area (Å²) >= 11 is 0. The largest absolute Gasteiger partial charge is 0.476 e. The van der Waals surface area contributed by atoms with E-state index in [-0.39, 0.29) is 5.69 Å². The molecule has 0 atom stereocenters. The van der Waals surface area contributed by atoms with Crippen molar-refractivity contribution in [1.82, 2.24) is 24.5 Å².